The second-order valence-electron chi connectivity index (χ2n) is 8.74. The molecule has 3 aromatic rings. The quantitative estimate of drug-likeness (QED) is 0.353. The Morgan fingerprint density at radius 1 is 1.26 bits per heavy atom. The first-order valence-corrected chi connectivity index (χ1v) is 12.7. The Morgan fingerprint density at radius 3 is 2.94 bits per heavy atom. The van der Waals surface area contributed by atoms with Gasteiger partial charge in [0.1, 0.15) is 5.75 Å². The molecule has 0 amide bonds. The van der Waals surface area contributed by atoms with E-state index >= 15 is 0 Å². The maximum Gasteiger partial charge on any atom is 0.119 e. The monoisotopic (exact) mass is 479 g/mol. The van der Waals surface area contributed by atoms with E-state index < -0.39 is 0 Å². The van der Waals surface area contributed by atoms with Crippen LogP contribution in [0.25, 0.3) is 10.9 Å². The second-order valence-corrected chi connectivity index (χ2v) is 9.69. The highest BCUT2D eigenvalue weighted by molar-refractivity contribution is 7.10. The summed E-state index contributed by atoms with van der Waals surface area (Å²) in [5, 5.41) is 13.2. The number of fused-ring (bicyclic) bond motifs is 1. The maximum atomic E-state index is 10.1. The fourth-order valence-corrected chi connectivity index (χ4v) is 5.44. The van der Waals surface area contributed by atoms with Crippen LogP contribution in [-0.2, 0) is 4.84 Å². The Morgan fingerprint density at radius 2 is 2.18 bits per heavy atom. The van der Waals surface area contributed by atoms with Crippen molar-refractivity contribution in [2.45, 2.75) is 25.3 Å². The molecule has 1 aliphatic heterocycles. The predicted octanol–water partition coefficient (Wildman–Crippen LogP) is 4.26. The zero-order valence-corrected chi connectivity index (χ0v) is 20.7. The van der Waals surface area contributed by atoms with Crippen molar-refractivity contribution in [1.29, 1.82) is 0 Å². The van der Waals surface area contributed by atoms with Crippen molar-refractivity contribution in [1.82, 2.24) is 15.4 Å². The number of hydrogen-bond donors (Lipinski definition) is 2. The highest BCUT2D eigenvalue weighted by Gasteiger charge is 2.29. The van der Waals surface area contributed by atoms with Crippen LogP contribution in [0.5, 0.6) is 5.75 Å². The lowest BCUT2D eigenvalue weighted by Crippen LogP contribution is -2.42. The van der Waals surface area contributed by atoms with Gasteiger partial charge in [-0.2, -0.15) is 5.48 Å². The number of likely N-dealkylation sites (tertiary alicyclic amines) is 1. The molecule has 1 aromatic carbocycles. The fraction of sp³-hybridized carbons (Fsp3) is 0.444. The minimum atomic E-state index is 0.0247. The molecule has 6 nitrogen and oxygen atoms in total. The standard InChI is InChI=1S/C27H33N3O3S/c1-32-22-8-10-26-25(17-22)24(11-13-28-26)27(29-33-2)9-7-20-12-15-30(18-21(20)19-31)14-3-5-23-6-4-16-34-23/h4,6,8,10-11,13,16-17,20-21,27,29,31H,7,9,12,14-15,18-19H2,1-2H3/t20-,21-,27-/m1/s1. The summed E-state index contributed by atoms with van der Waals surface area (Å²) in [6.07, 6.45) is 4.83. The van der Waals surface area contributed by atoms with Gasteiger partial charge in [-0.25, -0.2) is 0 Å². The van der Waals surface area contributed by atoms with Crippen LogP contribution >= 0.6 is 11.3 Å². The van der Waals surface area contributed by atoms with Crippen molar-refractivity contribution >= 4 is 22.2 Å². The second kappa shape index (κ2) is 12.3. The molecule has 0 unspecified atom stereocenters. The van der Waals surface area contributed by atoms with E-state index in [0.29, 0.717) is 5.92 Å². The van der Waals surface area contributed by atoms with E-state index in [9.17, 15) is 5.11 Å². The molecule has 2 aromatic heterocycles. The van der Waals surface area contributed by atoms with E-state index in [0.717, 1.165) is 66.0 Å². The molecular formula is C27H33N3O3S. The number of ether oxygens (including phenoxy) is 1. The molecule has 34 heavy (non-hydrogen) atoms. The van der Waals surface area contributed by atoms with Crippen LogP contribution in [0.15, 0.2) is 48.0 Å². The summed E-state index contributed by atoms with van der Waals surface area (Å²) in [5.41, 5.74) is 5.27. The lowest BCUT2D eigenvalue weighted by molar-refractivity contribution is 0.0444. The number of hydroxylamine groups is 1. The van der Waals surface area contributed by atoms with E-state index in [1.165, 1.54) is 0 Å². The number of aliphatic hydroxyl groups is 1. The number of piperidine rings is 1. The van der Waals surface area contributed by atoms with Crippen LogP contribution in [-0.4, -0.2) is 55.5 Å². The summed E-state index contributed by atoms with van der Waals surface area (Å²) in [6.45, 7) is 2.85. The van der Waals surface area contributed by atoms with Crippen molar-refractivity contribution < 1.29 is 14.7 Å². The Hall–Kier alpha value is -2.47. The van der Waals surface area contributed by atoms with Gasteiger partial charge < -0.3 is 14.7 Å². The highest BCUT2D eigenvalue weighted by Crippen LogP contribution is 2.33. The van der Waals surface area contributed by atoms with E-state index in [2.05, 4.69) is 33.3 Å². The Bertz CT molecular complexity index is 1110. The summed E-state index contributed by atoms with van der Waals surface area (Å²) in [6, 6.07) is 12.1. The van der Waals surface area contributed by atoms with Gasteiger partial charge in [0.2, 0.25) is 0 Å². The summed E-state index contributed by atoms with van der Waals surface area (Å²) in [4.78, 5) is 13.4. The molecule has 7 heteroatoms. The van der Waals surface area contributed by atoms with Crippen LogP contribution < -0.4 is 10.2 Å². The number of thiophene rings is 1. The lowest BCUT2D eigenvalue weighted by atomic mass is 9.81. The third kappa shape index (κ3) is 6.15. The number of pyridine rings is 1. The van der Waals surface area contributed by atoms with Gasteiger partial charge in [0.15, 0.2) is 0 Å². The minimum absolute atomic E-state index is 0.0247. The summed E-state index contributed by atoms with van der Waals surface area (Å²) in [5.74, 6) is 8.07. The molecule has 0 bridgehead atoms. The predicted molar refractivity (Wildman–Crippen MR) is 137 cm³/mol. The number of benzene rings is 1. The normalized spacial score (nSPS) is 19.5. The van der Waals surface area contributed by atoms with Gasteiger partial charge in [-0.05, 0) is 78.9 Å². The number of nitrogens with zero attached hydrogens (tertiary/aromatic N) is 2. The SMILES string of the molecule is CON[C@H](CC[C@@H]1CCN(CC#Cc2cccs2)C[C@@H]1CO)c1ccnc2ccc(OC)cc12. The average Bonchev–Trinajstić information content (AvgIpc) is 3.40. The average molecular weight is 480 g/mol. The lowest BCUT2D eigenvalue weighted by Gasteiger charge is -2.37. The smallest absolute Gasteiger partial charge is 0.119 e. The molecule has 0 aliphatic carbocycles. The first-order valence-electron chi connectivity index (χ1n) is 11.8. The molecule has 180 valence electrons. The van der Waals surface area contributed by atoms with Gasteiger partial charge >= 0.3 is 0 Å². The largest absolute Gasteiger partial charge is 0.497 e. The van der Waals surface area contributed by atoms with Crippen molar-refractivity contribution in [3.05, 3.63) is 58.4 Å². The molecule has 3 atom stereocenters. The Labute approximate surface area is 205 Å². The Balaban J connectivity index is 1.40. The van der Waals surface area contributed by atoms with Gasteiger partial charge in [-0.3, -0.25) is 9.88 Å². The number of aliphatic hydroxyl groups excluding tert-OH is 1. The maximum absolute atomic E-state index is 10.1. The molecule has 1 aliphatic rings. The number of methoxy groups -OCH3 is 1. The minimum Gasteiger partial charge on any atom is -0.497 e. The van der Waals surface area contributed by atoms with E-state index in [1.54, 1.807) is 25.6 Å². The molecule has 1 saturated heterocycles. The van der Waals surface area contributed by atoms with Gasteiger partial charge in [0, 0.05) is 24.7 Å². The number of nitrogens with one attached hydrogen (secondary N) is 1. The number of aromatic nitrogens is 1. The zero-order chi connectivity index (χ0) is 23.8. The van der Waals surface area contributed by atoms with Crippen LogP contribution in [0.4, 0.5) is 0 Å². The van der Waals surface area contributed by atoms with Crippen molar-refractivity contribution in [3.8, 4) is 17.6 Å². The molecule has 0 radical (unpaired) electrons. The van der Waals surface area contributed by atoms with Gasteiger partial charge in [-0.1, -0.05) is 17.9 Å². The molecule has 3 heterocycles. The first-order chi connectivity index (χ1) is 16.7. The van der Waals surface area contributed by atoms with Crippen molar-refractivity contribution in [2.75, 3.05) is 40.5 Å². The summed E-state index contributed by atoms with van der Waals surface area (Å²) < 4.78 is 5.44. The highest BCUT2D eigenvalue weighted by atomic mass is 32.1. The molecule has 0 spiro atoms. The third-order valence-corrected chi connectivity index (χ3v) is 7.47. The summed E-state index contributed by atoms with van der Waals surface area (Å²) in [7, 11) is 3.33. The number of hydrogen-bond acceptors (Lipinski definition) is 7. The van der Waals surface area contributed by atoms with Crippen LogP contribution in [0.2, 0.25) is 0 Å². The van der Waals surface area contributed by atoms with E-state index in [4.69, 9.17) is 9.57 Å². The number of rotatable bonds is 9. The van der Waals surface area contributed by atoms with Crippen LogP contribution in [0.3, 0.4) is 0 Å². The fourth-order valence-electron chi connectivity index (χ4n) is 4.85. The molecular weight excluding hydrogens is 446 g/mol. The molecule has 0 saturated carbocycles. The third-order valence-electron chi connectivity index (χ3n) is 6.69. The van der Waals surface area contributed by atoms with Gasteiger partial charge in [0.05, 0.1) is 37.2 Å². The van der Waals surface area contributed by atoms with Gasteiger partial charge in [0.25, 0.3) is 0 Å². The first kappa shape index (κ1) is 24.6. The Kier molecular flexibility index (Phi) is 8.91. The molecule has 2 N–H and O–H groups in total. The molecule has 1 fully saturated rings. The van der Waals surface area contributed by atoms with Crippen LogP contribution in [0.1, 0.15) is 35.7 Å². The zero-order valence-electron chi connectivity index (χ0n) is 19.9. The topological polar surface area (TPSA) is 66.9 Å². The van der Waals surface area contributed by atoms with Gasteiger partial charge in [-0.15, -0.1) is 11.3 Å². The van der Waals surface area contributed by atoms with Crippen molar-refractivity contribution in [2.24, 2.45) is 11.8 Å². The molecule has 4 rings (SSSR count). The van der Waals surface area contributed by atoms with E-state index in [1.807, 2.05) is 41.9 Å². The van der Waals surface area contributed by atoms with Crippen molar-refractivity contribution in [3.63, 3.8) is 0 Å². The summed E-state index contributed by atoms with van der Waals surface area (Å²) >= 11 is 1.67. The van der Waals surface area contributed by atoms with E-state index in [-0.39, 0.29) is 18.6 Å². The van der Waals surface area contributed by atoms with Crippen LogP contribution in [0, 0.1) is 23.7 Å².